The molecule has 2 aliphatic rings. The van der Waals surface area contributed by atoms with Crippen LogP contribution in [0.5, 0.6) is 0 Å². The minimum atomic E-state index is -3.44. The molecule has 1 aliphatic carbocycles. The van der Waals surface area contributed by atoms with Gasteiger partial charge in [-0.15, -0.1) is 0 Å². The zero-order valence-corrected chi connectivity index (χ0v) is 14.0. The number of hydrogen-bond acceptors (Lipinski definition) is 3. The highest BCUT2D eigenvalue weighted by Gasteiger charge is 2.36. The Balaban J connectivity index is 2.16. The third-order valence-corrected chi connectivity index (χ3v) is 6.67. The Labute approximate surface area is 129 Å². The first kappa shape index (κ1) is 17.2. The summed E-state index contributed by atoms with van der Waals surface area (Å²) in [5.41, 5.74) is 0. The van der Waals surface area contributed by atoms with E-state index in [9.17, 15) is 13.5 Å². The molecule has 0 aromatic heterocycles. The first-order valence-corrected chi connectivity index (χ1v) is 9.86. The smallest absolute Gasteiger partial charge is 0.282 e. The van der Waals surface area contributed by atoms with E-state index in [1.807, 2.05) is 0 Å². The Kier molecular flexibility index (Phi) is 6.47. The van der Waals surface area contributed by atoms with E-state index < -0.39 is 16.3 Å². The van der Waals surface area contributed by atoms with Crippen molar-refractivity contribution in [1.29, 1.82) is 0 Å². The summed E-state index contributed by atoms with van der Waals surface area (Å²) in [6.45, 7) is 3.16. The molecule has 2 rings (SSSR count). The van der Waals surface area contributed by atoms with Gasteiger partial charge in [-0.1, -0.05) is 32.1 Å². The standard InChI is InChI=1S/C15H30N2O3S/c1-14(18)13-17(15-9-5-4-6-10-15)21(19,20)16-11-7-2-3-8-12-16/h14-15,18H,2-13H2,1H3. The van der Waals surface area contributed by atoms with Gasteiger partial charge in [0.05, 0.1) is 6.10 Å². The first-order valence-electron chi connectivity index (χ1n) is 8.47. The molecule has 1 atom stereocenters. The molecule has 6 heteroatoms. The predicted molar refractivity (Wildman–Crippen MR) is 84.2 cm³/mol. The van der Waals surface area contributed by atoms with Crippen LogP contribution in [-0.2, 0) is 10.2 Å². The van der Waals surface area contributed by atoms with Crippen molar-refractivity contribution < 1.29 is 13.5 Å². The van der Waals surface area contributed by atoms with E-state index in [2.05, 4.69) is 0 Å². The fourth-order valence-electron chi connectivity index (χ4n) is 3.48. The van der Waals surface area contributed by atoms with Crippen LogP contribution >= 0.6 is 0 Å². The second-order valence-electron chi connectivity index (χ2n) is 6.53. The van der Waals surface area contributed by atoms with Crippen LogP contribution in [0.4, 0.5) is 0 Å². The van der Waals surface area contributed by atoms with E-state index in [4.69, 9.17) is 0 Å². The highest BCUT2D eigenvalue weighted by molar-refractivity contribution is 7.86. The minimum Gasteiger partial charge on any atom is -0.392 e. The molecule has 21 heavy (non-hydrogen) atoms. The molecule has 0 aromatic rings. The maximum atomic E-state index is 13.0. The first-order chi connectivity index (χ1) is 10.0. The number of hydrogen-bond donors (Lipinski definition) is 1. The van der Waals surface area contributed by atoms with Crippen molar-refractivity contribution >= 4 is 10.2 Å². The summed E-state index contributed by atoms with van der Waals surface area (Å²) < 4.78 is 29.3. The Morgan fingerprint density at radius 1 is 1.05 bits per heavy atom. The average Bonchev–Trinajstić information content (AvgIpc) is 2.75. The zero-order valence-electron chi connectivity index (χ0n) is 13.2. The van der Waals surface area contributed by atoms with Gasteiger partial charge in [0.2, 0.25) is 0 Å². The Morgan fingerprint density at radius 2 is 1.57 bits per heavy atom. The third kappa shape index (κ3) is 4.65. The predicted octanol–water partition coefficient (Wildman–Crippen LogP) is 2.12. The van der Waals surface area contributed by atoms with Gasteiger partial charge in [0, 0.05) is 25.7 Å². The molecule has 2 fully saturated rings. The van der Waals surface area contributed by atoms with Crippen LogP contribution in [0.1, 0.15) is 64.7 Å². The van der Waals surface area contributed by atoms with Gasteiger partial charge in [-0.2, -0.15) is 17.0 Å². The molecule has 1 unspecified atom stereocenters. The summed E-state index contributed by atoms with van der Waals surface area (Å²) in [6.07, 6.45) is 8.76. The SMILES string of the molecule is CC(O)CN(C1CCCCC1)S(=O)(=O)N1CCCCCC1. The molecule has 0 radical (unpaired) electrons. The van der Waals surface area contributed by atoms with Gasteiger partial charge in [-0.25, -0.2) is 0 Å². The quantitative estimate of drug-likeness (QED) is 0.844. The lowest BCUT2D eigenvalue weighted by Gasteiger charge is -2.37. The van der Waals surface area contributed by atoms with E-state index >= 15 is 0 Å². The van der Waals surface area contributed by atoms with Gasteiger partial charge in [-0.3, -0.25) is 0 Å². The molecule has 1 saturated carbocycles. The van der Waals surface area contributed by atoms with Crippen LogP contribution in [0, 0.1) is 0 Å². The maximum absolute atomic E-state index is 13.0. The molecule has 1 saturated heterocycles. The summed E-state index contributed by atoms with van der Waals surface area (Å²) in [5.74, 6) is 0. The molecule has 1 N–H and O–H groups in total. The van der Waals surface area contributed by atoms with Gasteiger partial charge < -0.3 is 5.11 Å². The summed E-state index contributed by atoms with van der Waals surface area (Å²) in [6, 6.07) is 0.0709. The molecule has 0 spiro atoms. The van der Waals surface area contributed by atoms with Crippen LogP contribution < -0.4 is 0 Å². The zero-order chi connectivity index (χ0) is 15.3. The monoisotopic (exact) mass is 318 g/mol. The van der Waals surface area contributed by atoms with Gasteiger partial charge in [0.1, 0.15) is 0 Å². The fourth-order valence-corrected chi connectivity index (χ4v) is 5.49. The number of aliphatic hydroxyl groups excluding tert-OH is 1. The number of aliphatic hydroxyl groups is 1. The molecule has 0 aromatic carbocycles. The topological polar surface area (TPSA) is 60.9 Å². The minimum absolute atomic E-state index is 0.0709. The molecule has 0 bridgehead atoms. The number of rotatable bonds is 5. The molecule has 124 valence electrons. The van der Waals surface area contributed by atoms with Crippen molar-refractivity contribution in [2.24, 2.45) is 0 Å². The molecular weight excluding hydrogens is 288 g/mol. The maximum Gasteiger partial charge on any atom is 0.282 e. The molecule has 1 heterocycles. The van der Waals surface area contributed by atoms with Crippen LogP contribution in [0.2, 0.25) is 0 Å². The lowest BCUT2D eigenvalue weighted by molar-refractivity contribution is 0.130. The van der Waals surface area contributed by atoms with E-state index in [0.717, 1.165) is 51.4 Å². The van der Waals surface area contributed by atoms with Crippen LogP contribution in [0.25, 0.3) is 0 Å². The second kappa shape index (κ2) is 7.90. The van der Waals surface area contributed by atoms with Gasteiger partial charge in [-0.05, 0) is 32.6 Å². The largest absolute Gasteiger partial charge is 0.392 e. The summed E-state index contributed by atoms with van der Waals surface area (Å²) >= 11 is 0. The molecular formula is C15H30N2O3S. The van der Waals surface area contributed by atoms with E-state index in [-0.39, 0.29) is 12.6 Å². The van der Waals surface area contributed by atoms with Crippen molar-refractivity contribution in [3.63, 3.8) is 0 Å². The summed E-state index contributed by atoms with van der Waals surface area (Å²) in [7, 11) is -3.44. The van der Waals surface area contributed by atoms with Gasteiger partial charge in [0.15, 0.2) is 0 Å². The highest BCUT2D eigenvalue weighted by atomic mass is 32.2. The van der Waals surface area contributed by atoms with Crippen LogP contribution in [0.3, 0.4) is 0 Å². The average molecular weight is 318 g/mol. The summed E-state index contributed by atoms with van der Waals surface area (Å²) in [4.78, 5) is 0. The van der Waals surface area contributed by atoms with Crippen LogP contribution in [0.15, 0.2) is 0 Å². The highest BCUT2D eigenvalue weighted by Crippen LogP contribution is 2.27. The molecule has 0 amide bonds. The van der Waals surface area contributed by atoms with Gasteiger partial charge in [0.25, 0.3) is 10.2 Å². The van der Waals surface area contributed by atoms with Crippen molar-refractivity contribution in [2.45, 2.75) is 76.9 Å². The van der Waals surface area contributed by atoms with Crippen molar-refractivity contribution in [3.05, 3.63) is 0 Å². The normalized spacial score (nSPS) is 24.9. The Bertz CT molecular complexity index is 397. The van der Waals surface area contributed by atoms with E-state index in [0.29, 0.717) is 13.1 Å². The molecule has 5 nitrogen and oxygen atoms in total. The van der Waals surface area contributed by atoms with Crippen molar-refractivity contribution in [3.8, 4) is 0 Å². The Hall–Kier alpha value is -0.170. The van der Waals surface area contributed by atoms with E-state index in [1.165, 1.54) is 6.42 Å². The van der Waals surface area contributed by atoms with Crippen molar-refractivity contribution in [2.75, 3.05) is 19.6 Å². The Morgan fingerprint density at radius 3 is 2.10 bits per heavy atom. The third-order valence-electron chi connectivity index (χ3n) is 4.61. The lowest BCUT2D eigenvalue weighted by Crippen LogP contribution is -2.51. The van der Waals surface area contributed by atoms with Crippen LogP contribution in [-0.4, -0.2) is 53.9 Å². The fraction of sp³-hybridized carbons (Fsp3) is 1.00. The van der Waals surface area contributed by atoms with Crippen molar-refractivity contribution in [1.82, 2.24) is 8.61 Å². The second-order valence-corrected chi connectivity index (χ2v) is 8.41. The lowest BCUT2D eigenvalue weighted by atomic mass is 9.95. The van der Waals surface area contributed by atoms with Gasteiger partial charge >= 0.3 is 0 Å². The number of nitrogens with zero attached hydrogens (tertiary/aromatic N) is 2. The molecule has 1 aliphatic heterocycles. The summed E-state index contributed by atoms with van der Waals surface area (Å²) in [5, 5.41) is 9.75. The van der Waals surface area contributed by atoms with E-state index in [1.54, 1.807) is 15.5 Å².